The van der Waals surface area contributed by atoms with Crippen LogP contribution in [0.5, 0.6) is 0 Å². The van der Waals surface area contributed by atoms with Gasteiger partial charge in [-0.2, -0.15) is 0 Å². The van der Waals surface area contributed by atoms with Crippen molar-refractivity contribution in [2.75, 3.05) is 13.2 Å². The highest BCUT2D eigenvalue weighted by molar-refractivity contribution is 5.03. The molecule has 0 saturated carbocycles. The van der Waals surface area contributed by atoms with Gasteiger partial charge in [-0.15, -0.1) is 0 Å². The summed E-state index contributed by atoms with van der Waals surface area (Å²) in [5.41, 5.74) is 1.26. The van der Waals surface area contributed by atoms with E-state index in [0.717, 1.165) is 26.1 Å². The van der Waals surface area contributed by atoms with Gasteiger partial charge < -0.3 is 9.72 Å². The van der Waals surface area contributed by atoms with E-state index in [1.807, 2.05) is 6.20 Å². The molecule has 0 spiro atoms. The predicted molar refractivity (Wildman–Crippen MR) is 41.4 cm³/mol. The molecular formula is C8H12N2O. The van der Waals surface area contributed by atoms with E-state index >= 15 is 0 Å². The smallest absolute Gasteiger partial charge is 0.0921 e. The summed E-state index contributed by atoms with van der Waals surface area (Å²) in [6, 6.07) is 0. The molecule has 0 aromatic carbocycles. The minimum Gasteiger partial charge on any atom is -0.381 e. The van der Waals surface area contributed by atoms with E-state index < -0.39 is 0 Å². The Balaban J connectivity index is 2.04. The highest BCUT2D eigenvalue weighted by Gasteiger charge is 2.16. The maximum Gasteiger partial charge on any atom is 0.0921 e. The van der Waals surface area contributed by atoms with Gasteiger partial charge in [-0.25, -0.2) is 4.98 Å². The maximum atomic E-state index is 5.26. The van der Waals surface area contributed by atoms with Crippen LogP contribution < -0.4 is 0 Å². The van der Waals surface area contributed by atoms with Crippen molar-refractivity contribution in [1.82, 2.24) is 9.97 Å². The second kappa shape index (κ2) is 3.05. The lowest BCUT2D eigenvalue weighted by Gasteiger charge is -2.20. The van der Waals surface area contributed by atoms with Crippen molar-refractivity contribution in [3.05, 3.63) is 18.2 Å². The van der Waals surface area contributed by atoms with E-state index in [1.165, 1.54) is 5.69 Å². The first-order chi connectivity index (χ1) is 5.47. The third-order valence-electron chi connectivity index (χ3n) is 2.18. The van der Waals surface area contributed by atoms with Gasteiger partial charge in [0.15, 0.2) is 0 Å². The zero-order valence-electron chi connectivity index (χ0n) is 6.42. The number of aromatic nitrogens is 2. The van der Waals surface area contributed by atoms with Gasteiger partial charge in [-0.3, -0.25) is 0 Å². The lowest BCUT2D eigenvalue weighted by Crippen LogP contribution is -2.14. The van der Waals surface area contributed by atoms with Gasteiger partial charge in [0.1, 0.15) is 0 Å². The molecule has 2 heterocycles. The summed E-state index contributed by atoms with van der Waals surface area (Å²) >= 11 is 0. The van der Waals surface area contributed by atoms with Gasteiger partial charge in [0, 0.05) is 31.0 Å². The Hall–Kier alpha value is -0.830. The minimum absolute atomic E-state index is 0.645. The van der Waals surface area contributed by atoms with Crippen molar-refractivity contribution in [3.63, 3.8) is 0 Å². The molecule has 0 atom stereocenters. The van der Waals surface area contributed by atoms with Crippen LogP contribution >= 0.6 is 0 Å². The summed E-state index contributed by atoms with van der Waals surface area (Å²) in [5.74, 6) is 0.645. The lowest BCUT2D eigenvalue weighted by atomic mass is 9.97. The molecular weight excluding hydrogens is 140 g/mol. The van der Waals surface area contributed by atoms with Crippen molar-refractivity contribution < 1.29 is 4.74 Å². The summed E-state index contributed by atoms with van der Waals surface area (Å²) in [7, 11) is 0. The zero-order valence-corrected chi connectivity index (χ0v) is 6.42. The second-order valence-electron chi connectivity index (χ2n) is 2.89. The van der Waals surface area contributed by atoms with E-state index in [1.54, 1.807) is 6.33 Å². The molecule has 3 heteroatoms. The van der Waals surface area contributed by atoms with Gasteiger partial charge in [-0.05, 0) is 12.8 Å². The van der Waals surface area contributed by atoms with E-state index in [0.29, 0.717) is 5.92 Å². The van der Waals surface area contributed by atoms with E-state index in [4.69, 9.17) is 4.74 Å². The molecule has 1 fully saturated rings. The molecule has 0 unspecified atom stereocenters. The standard InChI is InChI=1S/C8H12N2O/c1-3-11-4-2-7(1)8-5-9-6-10-8/h5-7H,1-4H2,(H,9,10). The van der Waals surface area contributed by atoms with Crippen LogP contribution in [-0.2, 0) is 4.74 Å². The highest BCUT2D eigenvalue weighted by atomic mass is 16.5. The van der Waals surface area contributed by atoms with Crippen LogP contribution in [0.4, 0.5) is 0 Å². The lowest BCUT2D eigenvalue weighted by molar-refractivity contribution is 0.0846. The van der Waals surface area contributed by atoms with Crippen molar-refractivity contribution in [1.29, 1.82) is 0 Å². The summed E-state index contributed by atoms with van der Waals surface area (Å²) in [4.78, 5) is 7.14. The molecule has 0 aliphatic carbocycles. The Bertz CT molecular complexity index is 202. The first-order valence-corrected chi connectivity index (χ1v) is 4.03. The monoisotopic (exact) mass is 152 g/mol. The zero-order chi connectivity index (χ0) is 7.52. The van der Waals surface area contributed by atoms with E-state index in [9.17, 15) is 0 Å². The van der Waals surface area contributed by atoms with E-state index in [-0.39, 0.29) is 0 Å². The van der Waals surface area contributed by atoms with Crippen molar-refractivity contribution in [2.45, 2.75) is 18.8 Å². The van der Waals surface area contributed by atoms with Gasteiger partial charge in [0.25, 0.3) is 0 Å². The van der Waals surface area contributed by atoms with Crippen molar-refractivity contribution >= 4 is 0 Å². The topological polar surface area (TPSA) is 37.9 Å². The molecule has 1 aliphatic rings. The van der Waals surface area contributed by atoms with Gasteiger partial charge in [0.05, 0.1) is 6.33 Å². The first kappa shape index (κ1) is 6.85. The Kier molecular flexibility index (Phi) is 1.90. The highest BCUT2D eigenvalue weighted by Crippen LogP contribution is 2.24. The predicted octanol–water partition coefficient (Wildman–Crippen LogP) is 1.30. The Morgan fingerprint density at radius 1 is 1.45 bits per heavy atom. The fourth-order valence-electron chi connectivity index (χ4n) is 1.50. The number of rotatable bonds is 1. The van der Waals surface area contributed by atoms with Crippen LogP contribution in [-0.4, -0.2) is 23.2 Å². The van der Waals surface area contributed by atoms with E-state index in [2.05, 4.69) is 9.97 Å². The normalized spacial score (nSPS) is 20.4. The molecule has 1 aliphatic heterocycles. The summed E-state index contributed by atoms with van der Waals surface area (Å²) in [5, 5.41) is 0. The third-order valence-corrected chi connectivity index (χ3v) is 2.18. The molecule has 1 aromatic rings. The average Bonchev–Trinajstić information content (AvgIpc) is 2.58. The SMILES string of the molecule is c1ncc(C2CCOCC2)[nH]1. The van der Waals surface area contributed by atoms with Crippen LogP contribution in [0.25, 0.3) is 0 Å². The summed E-state index contributed by atoms with van der Waals surface area (Å²) in [6.45, 7) is 1.79. The number of nitrogens with zero attached hydrogens (tertiary/aromatic N) is 1. The van der Waals surface area contributed by atoms with Gasteiger partial charge in [-0.1, -0.05) is 0 Å². The summed E-state index contributed by atoms with van der Waals surface area (Å²) < 4.78 is 5.26. The van der Waals surface area contributed by atoms with Crippen LogP contribution in [0.3, 0.4) is 0 Å². The van der Waals surface area contributed by atoms with Crippen LogP contribution in [0, 0.1) is 0 Å². The molecule has 2 rings (SSSR count). The first-order valence-electron chi connectivity index (χ1n) is 4.03. The van der Waals surface area contributed by atoms with Crippen molar-refractivity contribution in [2.24, 2.45) is 0 Å². The average molecular weight is 152 g/mol. The Morgan fingerprint density at radius 2 is 2.27 bits per heavy atom. The minimum atomic E-state index is 0.645. The molecule has 0 amide bonds. The molecule has 0 bridgehead atoms. The number of aromatic amines is 1. The molecule has 3 nitrogen and oxygen atoms in total. The number of hydrogen-bond acceptors (Lipinski definition) is 2. The molecule has 0 radical (unpaired) electrons. The number of imidazole rings is 1. The number of nitrogens with one attached hydrogen (secondary N) is 1. The number of H-pyrrole nitrogens is 1. The van der Waals surface area contributed by atoms with Gasteiger partial charge >= 0.3 is 0 Å². The molecule has 1 aromatic heterocycles. The third kappa shape index (κ3) is 1.43. The number of hydrogen-bond donors (Lipinski definition) is 1. The van der Waals surface area contributed by atoms with Gasteiger partial charge in [0.2, 0.25) is 0 Å². The second-order valence-corrected chi connectivity index (χ2v) is 2.89. The molecule has 1 N–H and O–H groups in total. The number of ether oxygens (including phenoxy) is 1. The van der Waals surface area contributed by atoms with Crippen LogP contribution in [0.2, 0.25) is 0 Å². The summed E-state index contributed by atoms with van der Waals surface area (Å²) in [6.07, 6.45) is 5.91. The van der Waals surface area contributed by atoms with Crippen LogP contribution in [0.1, 0.15) is 24.5 Å². The Labute approximate surface area is 65.8 Å². The van der Waals surface area contributed by atoms with Crippen LogP contribution in [0.15, 0.2) is 12.5 Å². The fourth-order valence-corrected chi connectivity index (χ4v) is 1.50. The molecule has 11 heavy (non-hydrogen) atoms. The quantitative estimate of drug-likeness (QED) is 0.658. The largest absolute Gasteiger partial charge is 0.381 e. The Morgan fingerprint density at radius 3 is 2.91 bits per heavy atom. The molecule has 1 saturated heterocycles. The molecule has 60 valence electrons. The van der Waals surface area contributed by atoms with Crippen molar-refractivity contribution in [3.8, 4) is 0 Å². The fraction of sp³-hybridized carbons (Fsp3) is 0.625. The maximum absolute atomic E-state index is 5.26.